The third kappa shape index (κ3) is 2.72. The first-order valence-corrected chi connectivity index (χ1v) is 8.97. The zero-order valence-electron chi connectivity index (χ0n) is 13.3. The second-order valence-electron chi connectivity index (χ2n) is 6.17. The summed E-state index contributed by atoms with van der Waals surface area (Å²) in [6.07, 6.45) is 5.02. The van der Waals surface area contributed by atoms with Crippen molar-refractivity contribution in [3.05, 3.63) is 39.5 Å². The Balaban J connectivity index is 1.45. The molecule has 0 unspecified atom stereocenters. The van der Waals surface area contributed by atoms with Crippen molar-refractivity contribution in [1.29, 1.82) is 0 Å². The molecule has 0 atom stereocenters. The van der Waals surface area contributed by atoms with E-state index in [9.17, 15) is 4.79 Å². The number of nitrogens with zero attached hydrogens (tertiary/aromatic N) is 4. The lowest BCUT2D eigenvalue weighted by Crippen LogP contribution is -2.49. The van der Waals surface area contributed by atoms with E-state index >= 15 is 0 Å². The van der Waals surface area contributed by atoms with E-state index in [0.29, 0.717) is 0 Å². The van der Waals surface area contributed by atoms with Gasteiger partial charge in [-0.25, -0.2) is 9.97 Å². The van der Waals surface area contributed by atoms with Crippen LogP contribution in [0.15, 0.2) is 18.5 Å². The Morgan fingerprint density at radius 1 is 1.13 bits per heavy atom. The lowest BCUT2D eigenvalue weighted by molar-refractivity contribution is 0.0751. The molecule has 0 spiro atoms. The molecule has 1 amide bonds. The smallest absolute Gasteiger partial charge is 0.264 e. The number of thiophene rings is 1. The van der Waals surface area contributed by atoms with Gasteiger partial charge < -0.3 is 9.80 Å². The van der Waals surface area contributed by atoms with Crippen LogP contribution < -0.4 is 4.90 Å². The van der Waals surface area contributed by atoms with Gasteiger partial charge in [0, 0.05) is 42.3 Å². The van der Waals surface area contributed by atoms with Crippen molar-refractivity contribution >= 4 is 23.1 Å². The fourth-order valence-electron chi connectivity index (χ4n) is 3.44. The summed E-state index contributed by atoms with van der Waals surface area (Å²) in [7, 11) is 0. The van der Waals surface area contributed by atoms with Gasteiger partial charge in [-0.3, -0.25) is 4.79 Å². The van der Waals surface area contributed by atoms with E-state index in [1.807, 2.05) is 24.0 Å². The number of aryl methyl sites for hydroxylation is 2. The third-order valence-electron chi connectivity index (χ3n) is 4.67. The monoisotopic (exact) mass is 328 g/mol. The minimum absolute atomic E-state index is 0.163. The fraction of sp³-hybridized carbons (Fsp3) is 0.471. The average Bonchev–Trinajstić information content (AvgIpc) is 3.22. The van der Waals surface area contributed by atoms with Crippen LogP contribution in [0.2, 0.25) is 0 Å². The maximum Gasteiger partial charge on any atom is 0.264 e. The van der Waals surface area contributed by atoms with Gasteiger partial charge in [-0.1, -0.05) is 0 Å². The number of fused-ring (bicyclic) bond motifs is 1. The van der Waals surface area contributed by atoms with Crippen molar-refractivity contribution in [3.8, 4) is 0 Å². The molecule has 1 aliphatic carbocycles. The van der Waals surface area contributed by atoms with E-state index in [2.05, 4.69) is 14.9 Å². The molecule has 120 valence electrons. The van der Waals surface area contributed by atoms with Crippen molar-refractivity contribution in [2.24, 2.45) is 0 Å². The quantitative estimate of drug-likeness (QED) is 0.849. The topological polar surface area (TPSA) is 49.3 Å². The van der Waals surface area contributed by atoms with Crippen molar-refractivity contribution in [3.63, 3.8) is 0 Å². The summed E-state index contributed by atoms with van der Waals surface area (Å²) in [5, 5.41) is 0. The lowest BCUT2D eigenvalue weighted by atomic mass is 10.2. The third-order valence-corrected chi connectivity index (χ3v) is 5.66. The van der Waals surface area contributed by atoms with Gasteiger partial charge in [0.05, 0.1) is 4.88 Å². The summed E-state index contributed by atoms with van der Waals surface area (Å²) in [5.41, 5.74) is 2.53. The molecule has 1 fully saturated rings. The number of aromatic nitrogens is 2. The molecule has 0 N–H and O–H groups in total. The van der Waals surface area contributed by atoms with Crippen LogP contribution in [0.5, 0.6) is 0 Å². The molecule has 1 aliphatic heterocycles. The number of anilines is 1. The van der Waals surface area contributed by atoms with Crippen LogP contribution >= 0.6 is 11.3 Å². The molecule has 6 heteroatoms. The summed E-state index contributed by atoms with van der Waals surface area (Å²) < 4.78 is 0. The first kappa shape index (κ1) is 14.6. The molecule has 0 bridgehead atoms. The van der Waals surface area contributed by atoms with Crippen molar-refractivity contribution in [2.75, 3.05) is 31.1 Å². The Kier molecular flexibility index (Phi) is 3.77. The number of piperazine rings is 1. The highest BCUT2D eigenvalue weighted by molar-refractivity contribution is 7.13. The number of hydrogen-bond acceptors (Lipinski definition) is 5. The number of carbonyl (C=O) groups excluding carboxylic acids is 1. The van der Waals surface area contributed by atoms with E-state index in [4.69, 9.17) is 0 Å². The maximum absolute atomic E-state index is 12.5. The highest BCUT2D eigenvalue weighted by atomic mass is 32.1. The first-order valence-electron chi connectivity index (χ1n) is 8.16. The fourth-order valence-corrected chi connectivity index (χ4v) is 4.28. The second-order valence-corrected chi connectivity index (χ2v) is 7.45. The standard InChI is InChI=1S/C17H20N4OS/c1-12-5-6-15(23-12)17(22)21-9-7-20(8-10-21)16-13-3-2-4-14(13)18-11-19-16/h5-6,11H,2-4,7-10H2,1H3. The van der Waals surface area contributed by atoms with Gasteiger partial charge in [0.1, 0.15) is 12.1 Å². The first-order chi connectivity index (χ1) is 11.2. The molecule has 4 rings (SSSR count). The van der Waals surface area contributed by atoms with Gasteiger partial charge in [-0.05, 0) is 38.3 Å². The Bertz CT molecular complexity index is 734. The lowest BCUT2D eigenvalue weighted by Gasteiger charge is -2.36. The SMILES string of the molecule is Cc1ccc(C(=O)N2CCN(c3ncnc4c3CCC4)CC2)s1. The molecule has 2 aliphatic rings. The predicted molar refractivity (Wildman–Crippen MR) is 91.2 cm³/mol. The van der Waals surface area contributed by atoms with Gasteiger partial charge in [0.15, 0.2) is 0 Å². The highest BCUT2D eigenvalue weighted by Crippen LogP contribution is 2.28. The molecule has 2 aromatic heterocycles. The average molecular weight is 328 g/mol. The van der Waals surface area contributed by atoms with Gasteiger partial charge in [0.25, 0.3) is 5.91 Å². The molecule has 1 saturated heterocycles. The largest absolute Gasteiger partial charge is 0.353 e. The number of amides is 1. The van der Waals surface area contributed by atoms with E-state index in [1.165, 1.54) is 22.6 Å². The van der Waals surface area contributed by atoms with E-state index < -0.39 is 0 Å². The molecule has 5 nitrogen and oxygen atoms in total. The summed E-state index contributed by atoms with van der Waals surface area (Å²) in [4.78, 5) is 27.8. The molecule has 0 saturated carbocycles. The highest BCUT2D eigenvalue weighted by Gasteiger charge is 2.26. The van der Waals surface area contributed by atoms with Gasteiger partial charge in [0.2, 0.25) is 0 Å². The van der Waals surface area contributed by atoms with E-state index in [-0.39, 0.29) is 5.91 Å². The van der Waals surface area contributed by atoms with Crippen LogP contribution in [0, 0.1) is 6.92 Å². The van der Waals surface area contributed by atoms with Crippen molar-refractivity contribution in [1.82, 2.24) is 14.9 Å². The minimum atomic E-state index is 0.163. The second kappa shape index (κ2) is 5.92. The molecule has 0 radical (unpaired) electrons. The Hall–Kier alpha value is -1.95. The van der Waals surface area contributed by atoms with E-state index in [1.54, 1.807) is 17.7 Å². The van der Waals surface area contributed by atoms with Gasteiger partial charge >= 0.3 is 0 Å². The minimum Gasteiger partial charge on any atom is -0.353 e. The molecule has 3 heterocycles. The summed E-state index contributed by atoms with van der Waals surface area (Å²) in [6, 6.07) is 3.95. The summed E-state index contributed by atoms with van der Waals surface area (Å²) >= 11 is 1.58. The molecular formula is C17H20N4OS. The van der Waals surface area contributed by atoms with Crippen molar-refractivity contribution in [2.45, 2.75) is 26.2 Å². The van der Waals surface area contributed by atoms with Gasteiger partial charge in [-0.2, -0.15) is 0 Å². The molecule has 0 aromatic carbocycles. The molecule has 2 aromatic rings. The zero-order valence-corrected chi connectivity index (χ0v) is 14.1. The number of rotatable bonds is 2. The molecular weight excluding hydrogens is 308 g/mol. The van der Waals surface area contributed by atoms with Crippen LogP contribution in [-0.2, 0) is 12.8 Å². The van der Waals surface area contributed by atoms with Crippen LogP contribution in [0.3, 0.4) is 0 Å². The zero-order chi connectivity index (χ0) is 15.8. The van der Waals surface area contributed by atoms with Gasteiger partial charge in [-0.15, -0.1) is 11.3 Å². The maximum atomic E-state index is 12.5. The Morgan fingerprint density at radius 2 is 1.96 bits per heavy atom. The normalized spacial score (nSPS) is 17.4. The molecule has 23 heavy (non-hydrogen) atoms. The summed E-state index contributed by atoms with van der Waals surface area (Å²) in [5.74, 6) is 1.25. The van der Waals surface area contributed by atoms with Crippen LogP contribution in [0.25, 0.3) is 0 Å². The summed E-state index contributed by atoms with van der Waals surface area (Å²) in [6.45, 7) is 5.25. The van der Waals surface area contributed by atoms with Crippen LogP contribution in [0.1, 0.15) is 32.2 Å². The van der Waals surface area contributed by atoms with Crippen LogP contribution in [0.4, 0.5) is 5.82 Å². The Labute approximate surface area is 140 Å². The Morgan fingerprint density at radius 3 is 2.70 bits per heavy atom. The van der Waals surface area contributed by atoms with Crippen molar-refractivity contribution < 1.29 is 4.79 Å². The number of hydrogen-bond donors (Lipinski definition) is 0. The van der Waals surface area contributed by atoms with E-state index in [0.717, 1.165) is 49.7 Å². The predicted octanol–water partition coefficient (Wildman–Crippen LogP) is 2.30. The van der Waals surface area contributed by atoms with Crippen LogP contribution in [-0.4, -0.2) is 47.0 Å². The number of carbonyl (C=O) groups is 1.